The van der Waals surface area contributed by atoms with Crippen LogP contribution in [0.2, 0.25) is 5.02 Å². The smallest absolute Gasteiger partial charge is 0.273 e. The second-order valence-corrected chi connectivity index (χ2v) is 10.8. The highest BCUT2D eigenvalue weighted by Gasteiger charge is 2.24. The van der Waals surface area contributed by atoms with Crippen molar-refractivity contribution in [3.63, 3.8) is 0 Å². The highest BCUT2D eigenvalue weighted by Crippen LogP contribution is 2.26. The average molecular weight is 476 g/mol. The van der Waals surface area contributed by atoms with Crippen LogP contribution in [0, 0.1) is 0 Å². The fourth-order valence-electron chi connectivity index (χ4n) is 3.52. The summed E-state index contributed by atoms with van der Waals surface area (Å²) in [4.78, 5) is 17.0. The molecule has 162 valence electrons. The van der Waals surface area contributed by atoms with Crippen LogP contribution in [-0.4, -0.2) is 52.5 Å². The van der Waals surface area contributed by atoms with Gasteiger partial charge in [0.25, 0.3) is 15.9 Å². The van der Waals surface area contributed by atoms with Gasteiger partial charge in [0.05, 0.1) is 5.69 Å². The summed E-state index contributed by atoms with van der Waals surface area (Å²) < 4.78 is 26.9. The molecule has 1 aliphatic rings. The van der Waals surface area contributed by atoms with Crippen molar-refractivity contribution in [2.24, 2.45) is 0 Å². The monoisotopic (exact) mass is 475 g/mol. The van der Waals surface area contributed by atoms with Crippen molar-refractivity contribution in [2.75, 3.05) is 42.4 Å². The first-order valence-electron chi connectivity index (χ1n) is 9.78. The third-order valence-electron chi connectivity index (χ3n) is 5.33. The molecule has 1 aromatic heterocycles. The molecular formula is C22H22ClN3O3S2. The summed E-state index contributed by atoms with van der Waals surface area (Å²) in [6.07, 6.45) is 0. The van der Waals surface area contributed by atoms with Crippen molar-refractivity contribution in [2.45, 2.75) is 4.21 Å². The zero-order chi connectivity index (χ0) is 22.0. The van der Waals surface area contributed by atoms with E-state index in [0.717, 1.165) is 18.8 Å². The minimum Gasteiger partial charge on any atom is -0.368 e. The predicted molar refractivity (Wildman–Crippen MR) is 126 cm³/mol. The Balaban J connectivity index is 1.41. The van der Waals surface area contributed by atoms with Crippen LogP contribution in [0.15, 0.2) is 70.3 Å². The van der Waals surface area contributed by atoms with Crippen molar-refractivity contribution in [1.82, 2.24) is 4.90 Å². The molecule has 0 atom stereocenters. The molecule has 1 saturated heterocycles. The molecule has 0 spiro atoms. The van der Waals surface area contributed by atoms with E-state index in [2.05, 4.69) is 4.90 Å². The molecule has 1 amide bonds. The number of carbonyl (C=O) groups excluding carboxylic acids is 1. The standard InChI is InChI=1S/C22H22ClN3O3S2/c1-24(31(28,29)21-6-3-15-30-21)19-9-7-17(8-10-19)22(27)26-13-11-25(12-14-26)20-5-2-4-18(23)16-20/h2-10,15-16H,11-14H2,1H3. The van der Waals surface area contributed by atoms with Gasteiger partial charge in [-0.1, -0.05) is 23.7 Å². The molecule has 0 saturated carbocycles. The molecule has 1 aliphatic heterocycles. The molecule has 0 aliphatic carbocycles. The second-order valence-electron chi connectivity index (χ2n) is 7.21. The first-order chi connectivity index (χ1) is 14.9. The number of carbonyl (C=O) groups is 1. The van der Waals surface area contributed by atoms with E-state index in [0.29, 0.717) is 29.4 Å². The quantitative estimate of drug-likeness (QED) is 0.555. The van der Waals surface area contributed by atoms with E-state index in [4.69, 9.17) is 11.6 Å². The van der Waals surface area contributed by atoms with Gasteiger partial charge in [-0.25, -0.2) is 8.42 Å². The average Bonchev–Trinajstić information content (AvgIpc) is 3.34. The molecule has 3 aromatic rings. The Morgan fingerprint density at radius 3 is 2.32 bits per heavy atom. The van der Waals surface area contributed by atoms with Gasteiger partial charge in [0.2, 0.25) is 0 Å². The number of benzene rings is 2. The third-order valence-corrected chi connectivity index (χ3v) is 8.72. The maximum Gasteiger partial charge on any atom is 0.273 e. The van der Waals surface area contributed by atoms with Crippen LogP contribution in [0.25, 0.3) is 0 Å². The molecule has 9 heteroatoms. The number of anilines is 2. The molecule has 0 bridgehead atoms. The number of rotatable bonds is 5. The topological polar surface area (TPSA) is 60.9 Å². The van der Waals surface area contributed by atoms with Crippen LogP contribution in [0.3, 0.4) is 0 Å². The molecular weight excluding hydrogens is 454 g/mol. The summed E-state index contributed by atoms with van der Waals surface area (Å²) >= 11 is 7.26. The van der Waals surface area contributed by atoms with E-state index >= 15 is 0 Å². The highest BCUT2D eigenvalue weighted by atomic mass is 35.5. The van der Waals surface area contributed by atoms with Crippen molar-refractivity contribution in [1.29, 1.82) is 0 Å². The van der Waals surface area contributed by atoms with Crippen LogP contribution >= 0.6 is 22.9 Å². The molecule has 6 nitrogen and oxygen atoms in total. The Labute approximate surface area is 191 Å². The number of piperazine rings is 1. The lowest BCUT2D eigenvalue weighted by Crippen LogP contribution is -2.48. The normalized spacial score (nSPS) is 14.5. The fraction of sp³-hybridized carbons (Fsp3) is 0.227. The van der Waals surface area contributed by atoms with Gasteiger partial charge in [0.1, 0.15) is 4.21 Å². The predicted octanol–water partition coefficient (Wildman–Crippen LogP) is 4.19. The molecule has 0 N–H and O–H groups in total. The number of hydrogen-bond donors (Lipinski definition) is 0. The van der Waals surface area contributed by atoms with Gasteiger partial charge in [-0.15, -0.1) is 11.3 Å². The van der Waals surface area contributed by atoms with E-state index in [-0.39, 0.29) is 10.1 Å². The first-order valence-corrected chi connectivity index (χ1v) is 12.5. The molecule has 1 fully saturated rings. The van der Waals surface area contributed by atoms with Crippen LogP contribution in [0.4, 0.5) is 11.4 Å². The largest absolute Gasteiger partial charge is 0.368 e. The summed E-state index contributed by atoms with van der Waals surface area (Å²) in [6, 6.07) is 17.7. The number of halogens is 1. The summed E-state index contributed by atoms with van der Waals surface area (Å²) in [5, 5.41) is 2.43. The lowest BCUT2D eigenvalue weighted by molar-refractivity contribution is 0.0747. The van der Waals surface area contributed by atoms with Crippen molar-refractivity contribution >= 4 is 50.2 Å². The lowest BCUT2D eigenvalue weighted by atomic mass is 10.1. The summed E-state index contributed by atoms with van der Waals surface area (Å²) in [7, 11) is -2.08. The number of nitrogens with zero attached hydrogens (tertiary/aromatic N) is 3. The van der Waals surface area contributed by atoms with Crippen LogP contribution in [-0.2, 0) is 10.0 Å². The Kier molecular flexibility index (Phi) is 6.22. The number of hydrogen-bond acceptors (Lipinski definition) is 5. The number of sulfonamides is 1. The first kappa shape index (κ1) is 21.7. The van der Waals surface area contributed by atoms with Gasteiger partial charge >= 0.3 is 0 Å². The molecule has 2 aromatic carbocycles. The van der Waals surface area contributed by atoms with Gasteiger partial charge in [0, 0.05) is 49.5 Å². The van der Waals surface area contributed by atoms with Gasteiger partial charge in [-0.3, -0.25) is 9.10 Å². The second kappa shape index (κ2) is 8.90. The van der Waals surface area contributed by atoms with Crippen LogP contribution in [0.5, 0.6) is 0 Å². The SMILES string of the molecule is CN(c1ccc(C(=O)N2CCN(c3cccc(Cl)c3)CC2)cc1)S(=O)(=O)c1cccs1. The van der Waals surface area contributed by atoms with E-state index in [1.165, 1.54) is 22.7 Å². The molecule has 0 unspecified atom stereocenters. The van der Waals surface area contributed by atoms with Gasteiger partial charge in [0.15, 0.2) is 0 Å². The third kappa shape index (κ3) is 4.56. The van der Waals surface area contributed by atoms with E-state index in [1.807, 2.05) is 29.2 Å². The maximum absolute atomic E-state index is 12.9. The molecule has 0 radical (unpaired) electrons. The maximum atomic E-state index is 12.9. The minimum atomic E-state index is -3.60. The lowest BCUT2D eigenvalue weighted by Gasteiger charge is -2.36. The minimum absolute atomic E-state index is 0.0546. The van der Waals surface area contributed by atoms with E-state index in [9.17, 15) is 13.2 Å². The molecule has 2 heterocycles. The zero-order valence-corrected chi connectivity index (χ0v) is 19.3. The van der Waals surface area contributed by atoms with Gasteiger partial charge in [-0.2, -0.15) is 0 Å². The highest BCUT2D eigenvalue weighted by molar-refractivity contribution is 7.94. The van der Waals surface area contributed by atoms with Crippen molar-refractivity contribution < 1.29 is 13.2 Å². The number of amides is 1. The molecule has 4 rings (SSSR count). The summed E-state index contributed by atoms with van der Waals surface area (Å²) in [5.41, 5.74) is 2.11. The van der Waals surface area contributed by atoms with Crippen molar-refractivity contribution in [3.8, 4) is 0 Å². The van der Waals surface area contributed by atoms with Crippen LogP contribution < -0.4 is 9.21 Å². The van der Waals surface area contributed by atoms with E-state index in [1.54, 1.807) is 41.8 Å². The van der Waals surface area contributed by atoms with E-state index < -0.39 is 10.0 Å². The Hall–Kier alpha value is -2.55. The van der Waals surface area contributed by atoms with Gasteiger partial charge in [-0.05, 0) is 53.9 Å². The number of thiophene rings is 1. The Morgan fingerprint density at radius 2 is 1.71 bits per heavy atom. The van der Waals surface area contributed by atoms with Crippen LogP contribution in [0.1, 0.15) is 10.4 Å². The summed E-state index contributed by atoms with van der Waals surface area (Å²) in [5.74, 6) is -0.0546. The Morgan fingerprint density at radius 1 is 1.00 bits per heavy atom. The molecule has 31 heavy (non-hydrogen) atoms. The summed E-state index contributed by atoms with van der Waals surface area (Å²) in [6.45, 7) is 2.68. The zero-order valence-electron chi connectivity index (χ0n) is 16.9. The Bertz CT molecular complexity index is 1160. The fourth-order valence-corrected chi connectivity index (χ4v) is 6.06. The van der Waals surface area contributed by atoms with Gasteiger partial charge < -0.3 is 9.80 Å². The van der Waals surface area contributed by atoms with Crippen molar-refractivity contribution in [3.05, 3.63) is 76.6 Å².